The highest BCUT2D eigenvalue weighted by Crippen LogP contribution is 2.20. The lowest BCUT2D eigenvalue weighted by Crippen LogP contribution is -2.41. The van der Waals surface area contributed by atoms with Gasteiger partial charge in [0.1, 0.15) is 0 Å². The number of nitrogens with one attached hydrogen (secondary N) is 1. The molecule has 1 saturated heterocycles. The Morgan fingerprint density at radius 2 is 2.00 bits per heavy atom. The van der Waals surface area contributed by atoms with E-state index < -0.39 is 0 Å². The van der Waals surface area contributed by atoms with Gasteiger partial charge in [0, 0.05) is 6.04 Å². The molecule has 1 aromatic carbocycles. The van der Waals surface area contributed by atoms with E-state index >= 15 is 0 Å². The molecule has 0 aromatic heterocycles. The standard InChI is InChI=1S/C18H30N2/c1-19-14-13-18-12-6-8-16-20(18)15-7-5-11-17-9-3-2-4-10-17/h2-4,9-10,18-19H,5-8,11-16H2,1H3. The Hall–Kier alpha value is -0.860. The number of rotatable bonds is 8. The summed E-state index contributed by atoms with van der Waals surface area (Å²) in [4.78, 5) is 2.74. The van der Waals surface area contributed by atoms with Gasteiger partial charge in [-0.15, -0.1) is 0 Å². The van der Waals surface area contributed by atoms with Crippen LogP contribution in [-0.4, -0.2) is 37.6 Å². The van der Waals surface area contributed by atoms with Crippen molar-refractivity contribution in [3.8, 4) is 0 Å². The predicted molar refractivity (Wildman–Crippen MR) is 87.1 cm³/mol. The summed E-state index contributed by atoms with van der Waals surface area (Å²) in [7, 11) is 2.06. The van der Waals surface area contributed by atoms with Crippen LogP contribution in [0.4, 0.5) is 0 Å². The number of nitrogens with zero attached hydrogens (tertiary/aromatic N) is 1. The summed E-state index contributed by atoms with van der Waals surface area (Å²) in [6.07, 6.45) is 9.43. The molecule has 0 bridgehead atoms. The minimum Gasteiger partial charge on any atom is -0.320 e. The van der Waals surface area contributed by atoms with E-state index in [0.717, 1.165) is 12.6 Å². The highest BCUT2D eigenvalue weighted by molar-refractivity contribution is 5.14. The van der Waals surface area contributed by atoms with E-state index in [9.17, 15) is 0 Å². The Morgan fingerprint density at radius 3 is 2.80 bits per heavy atom. The third-order valence-electron chi connectivity index (χ3n) is 4.48. The van der Waals surface area contributed by atoms with Crippen LogP contribution >= 0.6 is 0 Å². The molecule has 0 aliphatic carbocycles. The molecule has 2 heteroatoms. The predicted octanol–water partition coefficient (Wildman–Crippen LogP) is 3.47. The summed E-state index contributed by atoms with van der Waals surface area (Å²) in [5.74, 6) is 0. The molecule has 2 nitrogen and oxygen atoms in total. The molecule has 1 atom stereocenters. The number of benzene rings is 1. The maximum absolute atomic E-state index is 3.30. The van der Waals surface area contributed by atoms with Crippen LogP contribution in [0.15, 0.2) is 30.3 Å². The molecule has 1 N–H and O–H groups in total. The molecule has 1 aliphatic heterocycles. The number of hydrogen-bond acceptors (Lipinski definition) is 2. The van der Waals surface area contributed by atoms with Crippen LogP contribution < -0.4 is 5.32 Å². The van der Waals surface area contributed by atoms with Crippen molar-refractivity contribution in [1.29, 1.82) is 0 Å². The first-order valence-corrected chi connectivity index (χ1v) is 8.32. The van der Waals surface area contributed by atoms with Gasteiger partial charge in [0.25, 0.3) is 0 Å². The summed E-state index contributed by atoms with van der Waals surface area (Å²) in [5.41, 5.74) is 1.48. The number of piperidine rings is 1. The van der Waals surface area contributed by atoms with Crippen LogP contribution in [0.3, 0.4) is 0 Å². The summed E-state index contributed by atoms with van der Waals surface area (Å²) in [5, 5.41) is 3.30. The molecule has 1 unspecified atom stereocenters. The molecule has 1 fully saturated rings. The molecule has 1 aromatic rings. The van der Waals surface area contributed by atoms with Crippen LogP contribution in [0, 0.1) is 0 Å². The number of unbranched alkanes of at least 4 members (excludes halogenated alkanes) is 1. The zero-order valence-electron chi connectivity index (χ0n) is 13.0. The van der Waals surface area contributed by atoms with Gasteiger partial charge < -0.3 is 10.2 Å². The molecule has 0 amide bonds. The molecule has 112 valence electrons. The van der Waals surface area contributed by atoms with E-state index in [0.29, 0.717) is 0 Å². The van der Waals surface area contributed by atoms with Gasteiger partial charge in [-0.2, -0.15) is 0 Å². The highest BCUT2D eigenvalue weighted by Gasteiger charge is 2.20. The summed E-state index contributed by atoms with van der Waals surface area (Å²) >= 11 is 0. The fourth-order valence-electron chi connectivity index (χ4n) is 3.28. The second-order valence-electron chi connectivity index (χ2n) is 6.02. The highest BCUT2D eigenvalue weighted by atomic mass is 15.2. The minimum atomic E-state index is 0.827. The van der Waals surface area contributed by atoms with Crippen LogP contribution in [0.5, 0.6) is 0 Å². The van der Waals surface area contributed by atoms with Crippen molar-refractivity contribution < 1.29 is 0 Å². The Morgan fingerprint density at radius 1 is 1.15 bits per heavy atom. The van der Waals surface area contributed by atoms with Crippen molar-refractivity contribution in [3.63, 3.8) is 0 Å². The maximum atomic E-state index is 3.30. The fourth-order valence-corrected chi connectivity index (χ4v) is 3.28. The molecular weight excluding hydrogens is 244 g/mol. The van der Waals surface area contributed by atoms with E-state index in [-0.39, 0.29) is 0 Å². The third-order valence-corrected chi connectivity index (χ3v) is 4.48. The lowest BCUT2D eigenvalue weighted by Gasteiger charge is -2.36. The van der Waals surface area contributed by atoms with Crippen molar-refractivity contribution in [2.24, 2.45) is 0 Å². The van der Waals surface area contributed by atoms with Crippen molar-refractivity contribution in [1.82, 2.24) is 10.2 Å². The van der Waals surface area contributed by atoms with E-state index in [4.69, 9.17) is 0 Å². The number of likely N-dealkylation sites (tertiary alicyclic amines) is 1. The van der Waals surface area contributed by atoms with Crippen LogP contribution in [-0.2, 0) is 6.42 Å². The van der Waals surface area contributed by atoms with Gasteiger partial charge in [-0.25, -0.2) is 0 Å². The van der Waals surface area contributed by atoms with Gasteiger partial charge in [-0.05, 0) is 70.8 Å². The molecule has 20 heavy (non-hydrogen) atoms. The van der Waals surface area contributed by atoms with Gasteiger partial charge in [0.15, 0.2) is 0 Å². The molecule has 2 rings (SSSR count). The van der Waals surface area contributed by atoms with E-state index in [1.165, 1.54) is 63.6 Å². The molecule has 1 aliphatic rings. The first kappa shape index (κ1) is 15.5. The minimum absolute atomic E-state index is 0.827. The van der Waals surface area contributed by atoms with Crippen molar-refractivity contribution in [2.75, 3.05) is 26.7 Å². The first-order valence-electron chi connectivity index (χ1n) is 8.32. The molecule has 0 radical (unpaired) electrons. The largest absolute Gasteiger partial charge is 0.320 e. The van der Waals surface area contributed by atoms with E-state index in [1.807, 2.05) is 0 Å². The summed E-state index contributed by atoms with van der Waals surface area (Å²) < 4.78 is 0. The van der Waals surface area contributed by atoms with Crippen LogP contribution in [0.1, 0.15) is 44.1 Å². The molecule has 0 spiro atoms. The van der Waals surface area contributed by atoms with Crippen molar-refractivity contribution in [2.45, 2.75) is 51.0 Å². The second-order valence-corrected chi connectivity index (χ2v) is 6.02. The average Bonchev–Trinajstić information content (AvgIpc) is 2.51. The maximum Gasteiger partial charge on any atom is 0.0107 e. The average molecular weight is 274 g/mol. The van der Waals surface area contributed by atoms with Gasteiger partial charge in [-0.3, -0.25) is 0 Å². The normalized spacial score (nSPS) is 20.1. The number of aryl methyl sites for hydroxylation is 1. The summed E-state index contributed by atoms with van der Waals surface area (Å²) in [6, 6.07) is 11.7. The zero-order valence-corrected chi connectivity index (χ0v) is 13.0. The number of hydrogen-bond donors (Lipinski definition) is 1. The summed E-state index contributed by atoms with van der Waals surface area (Å²) in [6.45, 7) is 3.77. The lowest BCUT2D eigenvalue weighted by molar-refractivity contribution is 0.138. The Labute approximate surface area is 124 Å². The Bertz CT molecular complexity index is 350. The SMILES string of the molecule is CNCCC1CCCCN1CCCCc1ccccc1. The van der Waals surface area contributed by atoms with E-state index in [2.05, 4.69) is 47.6 Å². The second kappa shape index (κ2) is 9.15. The van der Waals surface area contributed by atoms with Crippen LogP contribution in [0.2, 0.25) is 0 Å². The quantitative estimate of drug-likeness (QED) is 0.730. The monoisotopic (exact) mass is 274 g/mol. The first-order chi connectivity index (χ1) is 9.90. The van der Waals surface area contributed by atoms with Crippen molar-refractivity contribution in [3.05, 3.63) is 35.9 Å². The molecule has 0 saturated carbocycles. The van der Waals surface area contributed by atoms with Crippen molar-refractivity contribution >= 4 is 0 Å². The zero-order chi connectivity index (χ0) is 14.0. The van der Waals surface area contributed by atoms with Crippen LogP contribution in [0.25, 0.3) is 0 Å². The van der Waals surface area contributed by atoms with Gasteiger partial charge in [0.05, 0.1) is 0 Å². The topological polar surface area (TPSA) is 15.3 Å². The molecule has 1 heterocycles. The Kier molecular flexibility index (Phi) is 7.10. The Balaban J connectivity index is 1.66. The molecular formula is C18H30N2. The lowest BCUT2D eigenvalue weighted by atomic mass is 9.98. The fraction of sp³-hybridized carbons (Fsp3) is 0.667. The van der Waals surface area contributed by atoms with E-state index in [1.54, 1.807) is 0 Å². The third kappa shape index (κ3) is 5.26. The van der Waals surface area contributed by atoms with Gasteiger partial charge >= 0.3 is 0 Å². The smallest absolute Gasteiger partial charge is 0.0107 e. The van der Waals surface area contributed by atoms with Gasteiger partial charge in [0.2, 0.25) is 0 Å². The van der Waals surface area contributed by atoms with Gasteiger partial charge in [-0.1, -0.05) is 36.8 Å².